The van der Waals surface area contributed by atoms with E-state index in [1.807, 2.05) is 13.1 Å². The second kappa shape index (κ2) is 8.97. The van der Waals surface area contributed by atoms with Gasteiger partial charge in [0.15, 0.2) is 0 Å². The molecule has 1 aromatic heterocycles. The number of ether oxygens (including phenoxy) is 2. The lowest BCUT2D eigenvalue weighted by molar-refractivity contribution is 0.116. The molecule has 0 aromatic carbocycles. The van der Waals surface area contributed by atoms with Crippen LogP contribution in [0.5, 0.6) is 0 Å². The Hall–Kier alpha value is -1.07. The lowest BCUT2D eigenvalue weighted by Crippen LogP contribution is -2.23. The summed E-state index contributed by atoms with van der Waals surface area (Å²) >= 11 is 0. The Morgan fingerprint density at radius 2 is 2.05 bits per heavy atom. The molecule has 0 fully saturated rings. The molecule has 1 heterocycles. The number of rotatable bonds is 10. The van der Waals surface area contributed by atoms with Crippen molar-refractivity contribution < 1.29 is 9.47 Å². The first-order chi connectivity index (χ1) is 9.52. The molecule has 0 spiro atoms. The van der Waals surface area contributed by atoms with Gasteiger partial charge in [-0.2, -0.15) is 0 Å². The van der Waals surface area contributed by atoms with Crippen LogP contribution in [0.4, 0.5) is 5.95 Å². The van der Waals surface area contributed by atoms with Crippen LogP contribution >= 0.6 is 0 Å². The molecule has 0 bridgehead atoms. The summed E-state index contributed by atoms with van der Waals surface area (Å²) in [5, 5.41) is 3.36. The Morgan fingerprint density at radius 1 is 1.30 bits per heavy atom. The minimum absolute atomic E-state index is 0.238. The molecule has 116 valence electrons. The molecule has 0 aliphatic carbocycles. The van der Waals surface area contributed by atoms with Crippen molar-refractivity contribution >= 4 is 5.95 Å². The Kier molecular flexibility index (Phi) is 7.62. The van der Waals surface area contributed by atoms with Crippen molar-refractivity contribution in [2.24, 2.45) is 5.92 Å². The standard InChI is InChI=1S/C15H29N3O2/c1-12(2)6-8-20-9-7-18-10-13(3)16-15(18)17-14(4)11-19-5/h10,12,14H,6-9,11H2,1-5H3,(H,16,17). The number of anilines is 1. The van der Waals surface area contributed by atoms with Gasteiger partial charge in [0.25, 0.3) is 0 Å². The second-order valence-corrected chi connectivity index (χ2v) is 5.69. The van der Waals surface area contributed by atoms with E-state index in [0.717, 1.165) is 37.8 Å². The molecule has 0 aliphatic heterocycles. The lowest BCUT2D eigenvalue weighted by atomic mass is 10.1. The van der Waals surface area contributed by atoms with Gasteiger partial charge < -0.3 is 19.4 Å². The highest BCUT2D eigenvalue weighted by molar-refractivity contribution is 5.30. The fraction of sp³-hybridized carbons (Fsp3) is 0.800. The molecule has 0 saturated carbocycles. The smallest absolute Gasteiger partial charge is 0.203 e. The summed E-state index contributed by atoms with van der Waals surface area (Å²) in [7, 11) is 1.71. The molecule has 0 aliphatic rings. The monoisotopic (exact) mass is 283 g/mol. The summed E-state index contributed by atoms with van der Waals surface area (Å²) in [5.74, 6) is 1.58. The zero-order valence-electron chi connectivity index (χ0n) is 13.5. The molecule has 0 radical (unpaired) electrons. The molecular weight excluding hydrogens is 254 g/mol. The third-order valence-electron chi connectivity index (χ3n) is 3.01. The third-order valence-corrected chi connectivity index (χ3v) is 3.01. The quantitative estimate of drug-likeness (QED) is 0.671. The van der Waals surface area contributed by atoms with Crippen LogP contribution in [0.1, 0.15) is 32.9 Å². The zero-order valence-corrected chi connectivity index (χ0v) is 13.5. The molecule has 20 heavy (non-hydrogen) atoms. The summed E-state index contributed by atoms with van der Waals surface area (Å²) in [5.41, 5.74) is 1.01. The Balaban J connectivity index is 2.40. The predicted molar refractivity (Wildman–Crippen MR) is 82.2 cm³/mol. The first-order valence-electron chi connectivity index (χ1n) is 7.40. The van der Waals surface area contributed by atoms with Crippen LogP contribution in [0, 0.1) is 12.8 Å². The molecule has 1 N–H and O–H groups in total. The van der Waals surface area contributed by atoms with E-state index >= 15 is 0 Å². The van der Waals surface area contributed by atoms with Crippen LogP contribution in [0.2, 0.25) is 0 Å². The number of nitrogens with one attached hydrogen (secondary N) is 1. The van der Waals surface area contributed by atoms with Gasteiger partial charge >= 0.3 is 0 Å². The summed E-state index contributed by atoms with van der Waals surface area (Å²) in [4.78, 5) is 4.50. The van der Waals surface area contributed by atoms with Crippen molar-refractivity contribution in [3.05, 3.63) is 11.9 Å². The van der Waals surface area contributed by atoms with E-state index in [1.54, 1.807) is 7.11 Å². The van der Waals surface area contributed by atoms with E-state index in [1.165, 1.54) is 0 Å². The Morgan fingerprint density at radius 3 is 2.70 bits per heavy atom. The van der Waals surface area contributed by atoms with Crippen LogP contribution in [0.3, 0.4) is 0 Å². The van der Waals surface area contributed by atoms with E-state index in [0.29, 0.717) is 12.5 Å². The van der Waals surface area contributed by atoms with Gasteiger partial charge in [0.1, 0.15) is 0 Å². The van der Waals surface area contributed by atoms with Gasteiger partial charge in [-0.05, 0) is 26.2 Å². The van der Waals surface area contributed by atoms with Crippen molar-refractivity contribution in [2.45, 2.75) is 46.7 Å². The summed E-state index contributed by atoms with van der Waals surface area (Å²) in [6.45, 7) is 11.5. The fourth-order valence-corrected chi connectivity index (χ4v) is 1.93. The Bertz CT molecular complexity index is 377. The van der Waals surface area contributed by atoms with Gasteiger partial charge in [0.05, 0.1) is 18.9 Å². The average molecular weight is 283 g/mol. The van der Waals surface area contributed by atoms with Gasteiger partial charge in [-0.25, -0.2) is 4.98 Å². The van der Waals surface area contributed by atoms with E-state index in [-0.39, 0.29) is 6.04 Å². The molecule has 1 aromatic rings. The molecule has 1 unspecified atom stereocenters. The van der Waals surface area contributed by atoms with E-state index in [4.69, 9.17) is 9.47 Å². The number of hydrogen-bond donors (Lipinski definition) is 1. The molecule has 0 saturated heterocycles. The van der Waals surface area contributed by atoms with Crippen LogP contribution in [-0.2, 0) is 16.0 Å². The van der Waals surface area contributed by atoms with Gasteiger partial charge in [0, 0.05) is 32.5 Å². The molecule has 5 nitrogen and oxygen atoms in total. The number of aryl methyl sites for hydroxylation is 1. The highest BCUT2D eigenvalue weighted by Crippen LogP contribution is 2.10. The molecule has 0 amide bonds. The van der Waals surface area contributed by atoms with Gasteiger partial charge in [-0.3, -0.25) is 0 Å². The normalized spacial score (nSPS) is 12.9. The average Bonchev–Trinajstić information content (AvgIpc) is 2.69. The lowest BCUT2D eigenvalue weighted by Gasteiger charge is -2.15. The minimum atomic E-state index is 0.238. The second-order valence-electron chi connectivity index (χ2n) is 5.69. The number of aromatic nitrogens is 2. The number of nitrogens with zero attached hydrogens (tertiary/aromatic N) is 2. The summed E-state index contributed by atoms with van der Waals surface area (Å²) < 4.78 is 12.9. The fourth-order valence-electron chi connectivity index (χ4n) is 1.93. The minimum Gasteiger partial charge on any atom is -0.383 e. The molecule has 5 heteroatoms. The largest absolute Gasteiger partial charge is 0.383 e. The van der Waals surface area contributed by atoms with Crippen molar-refractivity contribution in [3.63, 3.8) is 0 Å². The van der Waals surface area contributed by atoms with E-state index in [2.05, 4.69) is 35.6 Å². The van der Waals surface area contributed by atoms with Gasteiger partial charge in [-0.1, -0.05) is 13.8 Å². The van der Waals surface area contributed by atoms with Gasteiger partial charge in [-0.15, -0.1) is 0 Å². The van der Waals surface area contributed by atoms with Crippen LogP contribution in [-0.4, -0.2) is 42.5 Å². The number of imidazole rings is 1. The predicted octanol–water partition coefficient (Wildman–Crippen LogP) is 2.70. The molecule has 1 atom stereocenters. The number of methoxy groups -OCH3 is 1. The molecular formula is C15H29N3O2. The first kappa shape index (κ1) is 17.0. The Labute approximate surface area is 122 Å². The first-order valence-corrected chi connectivity index (χ1v) is 7.40. The highest BCUT2D eigenvalue weighted by atomic mass is 16.5. The third kappa shape index (κ3) is 6.39. The zero-order chi connectivity index (χ0) is 15.0. The van der Waals surface area contributed by atoms with Crippen LogP contribution in [0.25, 0.3) is 0 Å². The van der Waals surface area contributed by atoms with E-state index in [9.17, 15) is 0 Å². The topological polar surface area (TPSA) is 48.3 Å². The maximum absolute atomic E-state index is 5.66. The molecule has 1 rings (SSSR count). The summed E-state index contributed by atoms with van der Waals surface area (Å²) in [6.07, 6.45) is 3.16. The van der Waals surface area contributed by atoms with Gasteiger partial charge in [0.2, 0.25) is 5.95 Å². The maximum atomic E-state index is 5.66. The summed E-state index contributed by atoms with van der Waals surface area (Å²) in [6, 6.07) is 0.238. The van der Waals surface area contributed by atoms with Crippen LogP contribution < -0.4 is 5.32 Å². The van der Waals surface area contributed by atoms with E-state index < -0.39 is 0 Å². The van der Waals surface area contributed by atoms with Crippen molar-refractivity contribution in [3.8, 4) is 0 Å². The highest BCUT2D eigenvalue weighted by Gasteiger charge is 2.08. The van der Waals surface area contributed by atoms with Crippen molar-refractivity contribution in [1.29, 1.82) is 0 Å². The van der Waals surface area contributed by atoms with Crippen molar-refractivity contribution in [2.75, 3.05) is 32.2 Å². The van der Waals surface area contributed by atoms with Crippen LogP contribution in [0.15, 0.2) is 6.20 Å². The SMILES string of the molecule is COCC(C)Nc1nc(C)cn1CCOCCC(C)C. The number of hydrogen-bond acceptors (Lipinski definition) is 4. The maximum Gasteiger partial charge on any atom is 0.203 e. The van der Waals surface area contributed by atoms with Crippen molar-refractivity contribution in [1.82, 2.24) is 9.55 Å².